The highest BCUT2D eigenvalue weighted by Crippen LogP contribution is 2.39. The van der Waals surface area contributed by atoms with Gasteiger partial charge in [-0.1, -0.05) is 23.2 Å². The molecule has 0 saturated heterocycles. The van der Waals surface area contributed by atoms with Gasteiger partial charge in [-0.3, -0.25) is 14.8 Å². The van der Waals surface area contributed by atoms with E-state index in [1.54, 1.807) is 31.2 Å². The van der Waals surface area contributed by atoms with Gasteiger partial charge in [0.1, 0.15) is 11.4 Å². The highest BCUT2D eigenvalue weighted by atomic mass is 35.5. The Hall–Kier alpha value is -4.42. The highest BCUT2D eigenvalue weighted by molar-refractivity contribution is 6.37. The third-order valence-corrected chi connectivity index (χ3v) is 6.20. The van der Waals surface area contributed by atoms with E-state index < -0.39 is 28.9 Å². The summed E-state index contributed by atoms with van der Waals surface area (Å²) in [6.07, 6.45) is -3.48. The fourth-order valence-corrected chi connectivity index (χ4v) is 4.35. The van der Waals surface area contributed by atoms with E-state index in [2.05, 4.69) is 15.1 Å². The van der Waals surface area contributed by atoms with E-state index in [9.17, 15) is 22.8 Å². The van der Waals surface area contributed by atoms with E-state index in [4.69, 9.17) is 33.7 Å². The molecule has 5 rings (SSSR count). The molecule has 0 atom stereocenters. The third kappa shape index (κ3) is 5.16. The minimum atomic E-state index is -4.57. The monoisotopic (exact) mass is 574 g/mol. The lowest BCUT2D eigenvalue weighted by Crippen LogP contribution is -2.33. The Bertz CT molecular complexity index is 1870. The molecule has 0 bridgehead atoms. The Labute approximate surface area is 226 Å². The molecule has 3 aromatic heterocycles. The van der Waals surface area contributed by atoms with Gasteiger partial charge in [-0.05, 0) is 61.0 Å². The number of anilines is 1. The molecule has 0 spiro atoms. The predicted molar refractivity (Wildman–Crippen MR) is 140 cm³/mol. The van der Waals surface area contributed by atoms with Gasteiger partial charge in [0.25, 0.3) is 5.56 Å². The number of pyridine rings is 2. The van der Waals surface area contributed by atoms with Crippen molar-refractivity contribution in [3.8, 4) is 28.4 Å². The van der Waals surface area contributed by atoms with Crippen LogP contribution in [0, 0.1) is 6.92 Å². The molecular formula is C25H15Cl2F3N6O3. The van der Waals surface area contributed by atoms with Crippen molar-refractivity contribution in [2.45, 2.75) is 13.1 Å². The van der Waals surface area contributed by atoms with Crippen LogP contribution in [-0.2, 0) is 6.18 Å². The van der Waals surface area contributed by atoms with Gasteiger partial charge in [0.05, 0.1) is 26.9 Å². The van der Waals surface area contributed by atoms with Crippen molar-refractivity contribution < 1.29 is 17.9 Å². The summed E-state index contributed by atoms with van der Waals surface area (Å²) >= 11 is 12.8. The summed E-state index contributed by atoms with van der Waals surface area (Å²) in [7, 11) is 0. The number of nitrogens with two attached hydrogens (primary N) is 1. The van der Waals surface area contributed by atoms with Gasteiger partial charge in [-0.2, -0.15) is 17.9 Å². The maximum atomic E-state index is 13.1. The second kappa shape index (κ2) is 9.71. The Kier molecular flexibility index (Phi) is 6.52. The number of hydrogen-bond donors (Lipinski definition) is 2. The Morgan fingerprint density at radius 2 is 1.74 bits per heavy atom. The lowest BCUT2D eigenvalue weighted by atomic mass is 10.0. The Balaban J connectivity index is 1.48. The van der Waals surface area contributed by atoms with Crippen molar-refractivity contribution in [1.82, 2.24) is 24.7 Å². The van der Waals surface area contributed by atoms with Crippen LogP contribution < -0.4 is 21.7 Å². The number of halogens is 5. The number of nitrogens with zero attached hydrogens (tertiary/aromatic N) is 4. The molecule has 14 heteroatoms. The number of rotatable bonds is 4. The number of aromatic nitrogens is 5. The molecule has 0 saturated carbocycles. The number of hydrogen-bond acceptors (Lipinski definition) is 7. The second-order valence-corrected chi connectivity index (χ2v) is 9.14. The average molecular weight is 575 g/mol. The molecule has 3 heterocycles. The molecule has 0 unspecified atom stereocenters. The van der Waals surface area contributed by atoms with Crippen molar-refractivity contribution in [1.29, 1.82) is 0 Å². The lowest BCUT2D eigenvalue weighted by molar-refractivity contribution is -0.141. The number of nitrogens with one attached hydrogen (secondary N) is 1. The number of aromatic amines is 1. The van der Waals surface area contributed by atoms with Gasteiger partial charge < -0.3 is 10.5 Å². The second-order valence-electron chi connectivity index (χ2n) is 8.33. The molecule has 5 aromatic rings. The number of fused-ring (bicyclic) bond motifs is 1. The maximum Gasteiger partial charge on any atom is 0.433 e. The van der Waals surface area contributed by atoms with E-state index in [-0.39, 0.29) is 27.0 Å². The fraction of sp³-hybridized carbons (Fsp3) is 0.0800. The van der Waals surface area contributed by atoms with Crippen molar-refractivity contribution >= 4 is 39.9 Å². The van der Waals surface area contributed by atoms with Crippen LogP contribution in [0.25, 0.3) is 27.8 Å². The molecule has 0 aliphatic carbocycles. The summed E-state index contributed by atoms with van der Waals surface area (Å²) in [5.41, 5.74) is 4.86. The Morgan fingerprint density at radius 1 is 1.03 bits per heavy atom. The van der Waals surface area contributed by atoms with Gasteiger partial charge in [0, 0.05) is 17.1 Å². The van der Waals surface area contributed by atoms with Gasteiger partial charge >= 0.3 is 11.9 Å². The van der Waals surface area contributed by atoms with Crippen molar-refractivity contribution in [2.24, 2.45) is 0 Å². The predicted octanol–water partition coefficient (Wildman–Crippen LogP) is 5.54. The molecule has 0 radical (unpaired) electrons. The number of H-pyrrole nitrogens is 1. The third-order valence-electron chi connectivity index (χ3n) is 5.63. The molecule has 3 N–H and O–H groups in total. The summed E-state index contributed by atoms with van der Waals surface area (Å²) < 4.78 is 46.1. The first-order valence-electron chi connectivity index (χ1n) is 11.0. The first kappa shape index (κ1) is 26.2. The van der Waals surface area contributed by atoms with Gasteiger partial charge in [0.2, 0.25) is 5.82 Å². The summed E-state index contributed by atoms with van der Waals surface area (Å²) in [4.78, 5) is 33.6. The zero-order valence-corrected chi connectivity index (χ0v) is 21.2. The van der Waals surface area contributed by atoms with Crippen LogP contribution >= 0.6 is 23.2 Å². The van der Waals surface area contributed by atoms with Crippen molar-refractivity contribution in [3.05, 3.63) is 96.9 Å². The molecule has 0 amide bonds. The molecule has 0 aliphatic rings. The SMILES string of the molecule is Cc1cc(-c2ccnc(C(F)(F)F)c2)nc2ccc(Oc3c(Cl)cc(-n4nc(N)c(=O)[nH]c4=O)cc3Cl)cc12. The first-order valence-corrected chi connectivity index (χ1v) is 11.8. The molecule has 9 nitrogen and oxygen atoms in total. The molecule has 198 valence electrons. The standard InChI is InChI=1S/C25H15Cl2F3N6O3/c1-11-6-19(12-4-5-32-20(7-12)25(28,29)30)33-18-3-2-14(10-15(11)18)39-21-16(26)8-13(9-17(21)27)36-24(38)34-23(37)22(31)35-36/h2-10H,1H3,(H2,31,35)(H,34,37,38). The van der Waals surface area contributed by atoms with Crippen LogP contribution in [0.3, 0.4) is 0 Å². The fourth-order valence-electron chi connectivity index (χ4n) is 3.80. The van der Waals surface area contributed by atoms with Crippen LogP contribution in [0.5, 0.6) is 11.5 Å². The number of ether oxygens (including phenoxy) is 1. The van der Waals surface area contributed by atoms with E-state index in [0.717, 1.165) is 22.5 Å². The summed E-state index contributed by atoms with van der Waals surface area (Å²) in [6, 6.07) is 11.7. The first-order chi connectivity index (χ1) is 18.4. The minimum Gasteiger partial charge on any atom is -0.454 e. The van der Waals surface area contributed by atoms with E-state index in [1.807, 2.05) is 4.98 Å². The summed E-state index contributed by atoms with van der Waals surface area (Å²) in [5.74, 6) is 0.0179. The molecule has 0 aliphatic heterocycles. The highest BCUT2D eigenvalue weighted by Gasteiger charge is 2.32. The number of benzene rings is 2. The van der Waals surface area contributed by atoms with Crippen molar-refractivity contribution in [3.63, 3.8) is 0 Å². The van der Waals surface area contributed by atoms with Crippen molar-refractivity contribution in [2.75, 3.05) is 5.73 Å². The zero-order valence-electron chi connectivity index (χ0n) is 19.7. The smallest absolute Gasteiger partial charge is 0.433 e. The lowest BCUT2D eigenvalue weighted by Gasteiger charge is -2.14. The van der Waals surface area contributed by atoms with Crippen LogP contribution in [-0.4, -0.2) is 24.7 Å². The topological polar surface area (TPSA) is 129 Å². The number of alkyl halides is 3. The summed E-state index contributed by atoms with van der Waals surface area (Å²) in [6.45, 7) is 1.79. The average Bonchev–Trinajstić information content (AvgIpc) is 2.88. The maximum absolute atomic E-state index is 13.1. The van der Waals surface area contributed by atoms with Gasteiger partial charge in [0.15, 0.2) is 5.75 Å². The van der Waals surface area contributed by atoms with Gasteiger partial charge in [-0.15, -0.1) is 5.10 Å². The number of nitrogen functional groups attached to an aromatic ring is 1. The molecule has 0 fully saturated rings. The van der Waals surface area contributed by atoms with Gasteiger partial charge in [-0.25, -0.2) is 9.78 Å². The zero-order chi connectivity index (χ0) is 28.1. The largest absolute Gasteiger partial charge is 0.454 e. The quantitative estimate of drug-likeness (QED) is 0.288. The summed E-state index contributed by atoms with van der Waals surface area (Å²) in [5, 5.41) is 4.51. The van der Waals surface area contributed by atoms with E-state index >= 15 is 0 Å². The van der Waals surface area contributed by atoms with E-state index in [0.29, 0.717) is 22.3 Å². The Morgan fingerprint density at radius 3 is 2.44 bits per heavy atom. The van der Waals surface area contributed by atoms with Crippen LogP contribution in [0.15, 0.2) is 64.3 Å². The van der Waals surface area contributed by atoms with E-state index in [1.165, 1.54) is 18.2 Å². The molecule has 2 aromatic carbocycles. The number of aryl methyl sites for hydroxylation is 1. The molecule has 39 heavy (non-hydrogen) atoms. The van der Waals surface area contributed by atoms with Crippen LogP contribution in [0.2, 0.25) is 10.0 Å². The minimum absolute atomic E-state index is 0.0411. The molecular weight excluding hydrogens is 560 g/mol. The normalized spacial score (nSPS) is 11.6. The van der Waals surface area contributed by atoms with Crippen LogP contribution in [0.1, 0.15) is 11.3 Å². The van der Waals surface area contributed by atoms with Crippen LogP contribution in [0.4, 0.5) is 19.0 Å².